The number of benzene rings is 2. The first-order valence-electron chi connectivity index (χ1n) is 20.6. The number of anilines is 2. The predicted molar refractivity (Wildman–Crippen MR) is 246 cm³/mol. The fourth-order valence-corrected chi connectivity index (χ4v) is 7.79. The zero-order chi connectivity index (χ0) is 42.2. The molecule has 1 saturated heterocycles. The fraction of sp³-hybridized carbons (Fsp3) is 0.370. The second kappa shape index (κ2) is 26.5. The summed E-state index contributed by atoms with van der Waals surface area (Å²) >= 11 is 6.09. The van der Waals surface area contributed by atoms with Crippen molar-refractivity contribution in [2.75, 3.05) is 50.9 Å². The van der Waals surface area contributed by atoms with Crippen LogP contribution in [0.4, 0.5) is 11.6 Å². The summed E-state index contributed by atoms with van der Waals surface area (Å²) in [5.41, 5.74) is 15.9. The van der Waals surface area contributed by atoms with Gasteiger partial charge in [-0.3, -0.25) is 24.4 Å². The van der Waals surface area contributed by atoms with Crippen molar-refractivity contribution in [2.45, 2.75) is 70.3 Å². The van der Waals surface area contributed by atoms with Crippen LogP contribution in [0.15, 0.2) is 97.3 Å². The van der Waals surface area contributed by atoms with Gasteiger partial charge >= 0.3 is 0 Å². The maximum atomic E-state index is 13.3. The number of Topliss-reactive ketones (excluding diaryl/α,β-unsaturated/α-hetero) is 2. The number of piperidine rings is 1. The van der Waals surface area contributed by atoms with E-state index in [0.29, 0.717) is 37.2 Å². The predicted octanol–water partition coefficient (Wildman–Crippen LogP) is 4.07. The molecular weight excluding hydrogens is 886 g/mol. The first kappa shape index (κ1) is 52.3. The molecule has 4 heterocycles. The molecule has 6 rings (SSSR count). The molecule has 2 aromatic carbocycles. The average Bonchev–Trinajstić information content (AvgIpc) is 3.26. The fourth-order valence-electron chi connectivity index (χ4n) is 7.66. The molecule has 0 unspecified atom stereocenters. The first-order chi connectivity index (χ1) is 29.1. The molecule has 0 spiro atoms. The minimum Gasteiger partial charge on any atom is -1.00 e. The quantitative estimate of drug-likeness (QED) is 0.0851. The number of nitrogens with zero attached hydrogens (tertiary/aromatic N) is 5. The highest BCUT2D eigenvalue weighted by Gasteiger charge is 2.35. The Morgan fingerprint density at radius 3 is 1.68 bits per heavy atom. The van der Waals surface area contributed by atoms with Crippen LogP contribution < -0.4 is 38.7 Å². The number of amides is 1. The number of nitrogen functional groups attached to an aromatic ring is 2. The van der Waals surface area contributed by atoms with E-state index in [2.05, 4.69) is 49.5 Å². The lowest BCUT2D eigenvalue weighted by Gasteiger charge is -2.45. The average molecular weight is 943 g/mol. The Morgan fingerprint density at radius 1 is 0.698 bits per heavy atom. The number of pyridine rings is 2. The van der Waals surface area contributed by atoms with Crippen LogP contribution in [0.3, 0.4) is 0 Å². The van der Waals surface area contributed by atoms with Crippen molar-refractivity contribution in [2.24, 2.45) is 0 Å². The van der Waals surface area contributed by atoms with Crippen molar-refractivity contribution in [1.82, 2.24) is 25.3 Å². The number of aryl methyl sites for hydroxylation is 4. The van der Waals surface area contributed by atoms with E-state index < -0.39 is 5.91 Å². The number of quaternary nitrogens is 1. The van der Waals surface area contributed by atoms with Crippen molar-refractivity contribution in [3.05, 3.63) is 131 Å². The van der Waals surface area contributed by atoms with Crippen molar-refractivity contribution in [3.8, 4) is 11.5 Å². The van der Waals surface area contributed by atoms with Gasteiger partial charge in [0.05, 0.1) is 32.2 Å². The number of carbonyl (C=O) groups excluding carboxylic acids is 3. The molecule has 13 nitrogen and oxygen atoms in total. The number of likely N-dealkylation sites (tertiary alicyclic amines) is 1. The van der Waals surface area contributed by atoms with Crippen LogP contribution in [-0.2, 0) is 35.3 Å². The van der Waals surface area contributed by atoms with Gasteiger partial charge in [-0.05, 0) is 98.2 Å². The van der Waals surface area contributed by atoms with Gasteiger partial charge in [0, 0.05) is 49.5 Å². The third-order valence-electron chi connectivity index (χ3n) is 10.9. The summed E-state index contributed by atoms with van der Waals surface area (Å²) in [6.07, 6.45) is 10.9. The van der Waals surface area contributed by atoms with Crippen molar-refractivity contribution < 1.29 is 40.7 Å². The van der Waals surface area contributed by atoms with E-state index in [-0.39, 0.29) is 90.5 Å². The van der Waals surface area contributed by atoms with Gasteiger partial charge in [-0.2, -0.15) is 0 Å². The smallest absolute Gasteiger partial charge is 0.274 e. The van der Waals surface area contributed by atoms with Gasteiger partial charge in [0.25, 0.3) is 5.91 Å². The minimum absolute atomic E-state index is 0. The summed E-state index contributed by atoms with van der Waals surface area (Å²) in [6.45, 7) is 3.70. The normalized spacial score (nSPS) is 13.9. The van der Waals surface area contributed by atoms with E-state index in [0.717, 1.165) is 80.6 Å². The molecule has 0 aliphatic carbocycles. The summed E-state index contributed by atoms with van der Waals surface area (Å²) in [5, 5.41) is 3.10. The van der Waals surface area contributed by atoms with Crippen molar-refractivity contribution in [1.29, 1.82) is 0 Å². The molecule has 5 aromatic rings. The summed E-state index contributed by atoms with van der Waals surface area (Å²) in [4.78, 5) is 54.9. The van der Waals surface area contributed by atoms with Crippen LogP contribution in [0.25, 0.3) is 0 Å². The van der Waals surface area contributed by atoms with Gasteiger partial charge in [-0.1, -0.05) is 48.0 Å². The minimum atomic E-state index is -0.415. The number of ketones is 2. The van der Waals surface area contributed by atoms with Gasteiger partial charge in [0.15, 0.2) is 34.0 Å². The van der Waals surface area contributed by atoms with Crippen LogP contribution in [0.1, 0.15) is 71.5 Å². The number of carbonyl (C=O) groups is 3. The van der Waals surface area contributed by atoms with E-state index in [9.17, 15) is 14.4 Å². The molecule has 0 saturated carbocycles. The van der Waals surface area contributed by atoms with Crippen LogP contribution in [-0.4, -0.2) is 87.3 Å². The molecule has 1 aliphatic heterocycles. The number of rotatable bonds is 22. The van der Waals surface area contributed by atoms with Crippen LogP contribution >= 0.6 is 36.4 Å². The Bertz CT molecular complexity index is 2060. The summed E-state index contributed by atoms with van der Waals surface area (Å²) < 4.78 is 12.4. The Kier molecular flexibility index (Phi) is 22.0. The number of hydrogen-bond donors (Lipinski definition) is 3. The Balaban J connectivity index is 0.00000352. The van der Waals surface area contributed by atoms with E-state index in [4.69, 9.17) is 32.5 Å². The Morgan fingerprint density at radius 2 is 1.21 bits per heavy atom. The molecule has 0 bridgehead atoms. The lowest BCUT2D eigenvalue weighted by Crippen LogP contribution is -3.00. The maximum absolute atomic E-state index is 13.3. The molecule has 338 valence electrons. The van der Waals surface area contributed by atoms with Crippen LogP contribution in [0.2, 0.25) is 5.15 Å². The summed E-state index contributed by atoms with van der Waals surface area (Å²) in [7, 11) is 0. The zero-order valence-corrected chi connectivity index (χ0v) is 38.3. The number of nitrogens with one attached hydrogen (secondary N) is 1. The molecule has 1 fully saturated rings. The van der Waals surface area contributed by atoms with Gasteiger partial charge in [0.1, 0.15) is 24.7 Å². The van der Waals surface area contributed by atoms with E-state index in [1.165, 1.54) is 11.1 Å². The molecule has 1 amide bonds. The lowest BCUT2D eigenvalue weighted by molar-refractivity contribution is -0.933. The number of hydrogen-bond acceptors (Lipinski definition) is 11. The van der Waals surface area contributed by atoms with Crippen molar-refractivity contribution in [3.63, 3.8) is 0 Å². The second-order valence-electron chi connectivity index (χ2n) is 15.4. The third kappa shape index (κ3) is 16.9. The molecule has 63 heavy (non-hydrogen) atoms. The number of aromatic nitrogens is 4. The lowest BCUT2D eigenvalue weighted by atomic mass is 9.99. The molecule has 3 aromatic heterocycles. The van der Waals surface area contributed by atoms with Crippen molar-refractivity contribution >= 4 is 65.5 Å². The van der Waals surface area contributed by atoms with E-state index in [1.54, 1.807) is 12.4 Å². The number of halogens is 4. The largest absolute Gasteiger partial charge is 1.00 e. The number of nitrogens with two attached hydrogens (primary N) is 2. The van der Waals surface area contributed by atoms with Crippen LogP contribution in [0.5, 0.6) is 11.5 Å². The molecule has 0 radical (unpaired) electrons. The van der Waals surface area contributed by atoms with Gasteiger partial charge < -0.3 is 43.1 Å². The van der Waals surface area contributed by atoms with Gasteiger partial charge in [-0.25, -0.2) is 9.97 Å². The second-order valence-corrected chi connectivity index (χ2v) is 15.8. The van der Waals surface area contributed by atoms with Crippen LogP contribution in [0, 0.1) is 0 Å². The van der Waals surface area contributed by atoms with Gasteiger partial charge in [0.2, 0.25) is 0 Å². The topological polar surface area (TPSA) is 185 Å². The zero-order valence-electron chi connectivity index (χ0n) is 35.1. The molecule has 5 N–H and O–H groups in total. The monoisotopic (exact) mass is 940 g/mol. The molecule has 1 aliphatic rings. The number of ether oxygens (including phenoxy) is 2. The summed E-state index contributed by atoms with van der Waals surface area (Å²) in [5.74, 6) is 0.909. The molecule has 1 atom stereocenters. The van der Waals surface area contributed by atoms with E-state index >= 15 is 0 Å². The highest BCUT2D eigenvalue weighted by atomic mass is 35.5. The van der Waals surface area contributed by atoms with E-state index in [1.807, 2.05) is 60.7 Å². The summed E-state index contributed by atoms with van der Waals surface area (Å²) in [6, 6.07) is 27.2. The first-order valence-corrected chi connectivity index (χ1v) is 21.0. The SMILES string of the molecule is Cl.Cl.Nc1nc(N)c(C(=O)N[C@H]2CCC[N+](CCCc3ccc(OCC(=O)CCc4ccccn4)cc3)(CCCc3ccc(OCC(=O)CCc4ccccn4)cc3)C2)nc1Cl.[Cl-]. The Hall–Kier alpha value is -5.05. The van der Waals surface area contributed by atoms with Gasteiger partial charge in [-0.15, -0.1) is 24.8 Å². The molecule has 17 heteroatoms. The third-order valence-corrected chi connectivity index (χ3v) is 11.1. The standard InChI is InChI=1S/C46H53ClN8O5.3ClH/c47-43-45(49)54-44(48)42(53-43)46(58)52-37-12-7-29-55(30-37,27-5-8-33-13-21-40(22-14-33)59-31-38(56)19-17-35-10-1-3-25-50-35)28-6-9-34-15-23-41(24-16-34)60-32-39(57)20-18-36-11-2-4-26-51-36;;;/h1-4,10-11,13-16,21-26,37H,5-9,12,17-20,27-32H2,(H4-,48,49,52,54,58);3*1H/t37-;;;/m0.../s1. The highest BCUT2D eigenvalue weighted by Crippen LogP contribution is 2.25. The Labute approximate surface area is 393 Å². The highest BCUT2D eigenvalue weighted by molar-refractivity contribution is 6.31. The molecular formula is C46H56Cl4N8O5. The maximum Gasteiger partial charge on any atom is 0.274 e.